The Morgan fingerprint density at radius 2 is 1.92 bits per heavy atom. The van der Waals surface area contributed by atoms with Gasteiger partial charge in [-0.3, -0.25) is 9.65 Å². The molecule has 0 aliphatic rings. The smallest absolute Gasteiger partial charge is 0.329 e. The molecular formula is C7H21N2O2PY. The molecule has 3 N–H and O–H groups in total. The maximum absolute atomic E-state index is 10.9. The molecule has 0 aliphatic carbocycles. The molecular weight excluding hydrogens is 264 g/mol. The molecule has 1 unspecified atom stereocenters. The first-order chi connectivity index (χ1) is 4.62. The van der Waals surface area contributed by atoms with Crippen LogP contribution in [0.1, 0.15) is 20.8 Å². The van der Waals surface area contributed by atoms with Gasteiger partial charge in [0.05, 0.1) is 0 Å². The molecule has 0 saturated heterocycles. The van der Waals surface area contributed by atoms with Gasteiger partial charge in [0.2, 0.25) is 0 Å². The minimum absolute atomic E-state index is 0. The van der Waals surface area contributed by atoms with E-state index in [2.05, 4.69) is 17.1 Å². The largest absolute Gasteiger partial charge is 0.335 e. The summed E-state index contributed by atoms with van der Waals surface area (Å²) in [6, 6.07) is 0. The molecule has 0 aromatic heterocycles. The molecule has 0 heterocycles. The van der Waals surface area contributed by atoms with Gasteiger partial charge >= 0.3 is 7.67 Å². The number of hydrogen-bond acceptors (Lipinski definition) is 1. The molecule has 4 nitrogen and oxygen atoms in total. The quantitative estimate of drug-likeness (QED) is 0.530. The SMILES string of the molecule is C.[CH2-]CNP(=O)(O)NCCC.[CH3+].[Y]. The molecule has 0 saturated carbocycles. The van der Waals surface area contributed by atoms with Crippen molar-refractivity contribution in [2.45, 2.75) is 20.8 Å². The van der Waals surface area contributed by atoms with Crippen molar-refractivity contribution in [2.75, 3.05) is 13.1 Å². The van der Waals surface area contributed by atoms with E-state index in [0.717, 1.165) is 6.42 Å². The van der Waals surface area contributed by atoms with Gasteiger partial charge in [-0.25, -0.2) is 5.09 Å². The van der Waals surface area contributed by atoms with Crippen LogP contribution in [0.15, 0.2) is 0 Å². The third kappa shape index (κ3) is 15.8. The van der Waals surface area contributed by atoms with Crippen LogP contribution >= 0.6 is 7.67 Å². The molecule has 1 atom stereocenters. The summed E-state index contributed by atoms with van der Waals surface area (Å²) in [5.74, 6) is 0. The van der Waals surface area contributed by atoms with E-state index >= 15 is 0 Å². The van der Waals surface area contributed by atoms with E-state index in [-0.39, 0.29) is 54.1 Å². The average Bonchev–Trinajstić information content (AvgIpc) is 1.84. The first kappa shape index (κ1) is 23.7. The number of hydrogen-bond donors (Lipinski definition) is 3. The maximum atomic E-state index is 10.9. The van der Waals surface area contributed by atoms with Crippen LogP contribution < -0.4 is 10.2 Å². The van der Waals surface area contributed by atoms with Gasteiger partial charge in [0.15, 0.2) is 0 Å². The van der Waals surface area contributed by atoms with Gasteiger partial charge in [-0.05, 0) is 6.42 Å². The van der Waals surface area contributed by atoms with Crippen LogP contribution in [0.3, 0.4) is 0 Å². The Labute approximate surface area is 108 Å². The summed E-state index contributed by atoms with van der Waals surface area (Å²) >= 11 is 0. The summed E-state index contributed by atoms with van der Waals surface area (Å²) < 4.78 is 10.9. The molecule has 13 heavy (non-hydrogen) atoms. The molecule has 0 aromatic carbocycles. The predicted octanol–water partition coefficient (Wildman–Crippen LogP) is 1.59. The van der Waals surface area contributed by atoms with Crippen molar-refractivity contribution in [1.29, 1.82) is 0 Å². The second kappa shape index (κ2) is 13.1. The molecule has 79 valence electrons. The molecule has 0 spiro atoms. The van der Waals surface area contributed by atoms with Crippen LogP contribution in [-0.4, -0.2) is 18.0 Å². The number of nitrogens with one attached hydrogen (secondary N) is 2. The fraction of sp³-hybridized carbons (Fsp3) is 0.714. The van der Waals surface area contributed by atoms with Crippen molar-refractivity contribution in [2.24, 2.45) is 0 Å². The zero-order chi connectivity index (χ0) is 8.04. The second-order valence-electron chi connectivity index (χ2n) is 1.89. The van der Waals surface area contributed by atoms with Crippen molar-refractivity contribution in [3.05, 3.63) is 14.4 Å². The maximum Gasteiger partial charge on any atom is 0.335 e. The van der Waals surface area contributed by atoms with E-state index in [1.807, 2.05) is 6.92 Å². The molecule has 0 rings (SSSR count). The minimum atomic E-state index is -3.27. The van der Waals surface area contributed by atoms with E-state index in [9.17, 15) is 4.57 Å². The van der Waals surface area contributed by atoms with Gasteiger partial charge in [0.25, 0.3) is 0 Å². The topological polar surface area (TPSA) is 61.4 Å². The standard InChI is InChI=1S/C5H14N2O2P.CH4.CH3.Y/c1-3-5-7-10(8,9)6-4-2;;;/h2-5H2,1H3,(H3,6,7,8,9);1H4;1H3;/q-1;;+1;. The van der Waals surface area contributed by atoms with Crippen LogP contribution in [0.25, 0.3) is 0 Å². The van der Waals surface area contributed by atoms with Gasteiger partial charge in [-0.1, -0.05) is 14.4 Å². The summed E-state index contributed by atoms with van der Waals surface area (Å²) in [5.41, 5.74) is 0. The van der Waals surface area contributed by atoms with Crippen molar-refractivity contribution >= 4 is 7.67 Å². The Kier molecular flexibility index (Phi) is 23.9. The molecule has 0 fully saturated rings. The monoisotopic (exact) mass is 285 g/mol. The fourth-order valence-corrected chi connectivity index (χ4v) is 1.41. The van der Waals surface area contributed by atoms with E-state index in [0.29, 0.717) is 6.54 Å². The van der Waals surface area contributed by atoms with Gasteiger partial charge in [0, 0.05) is 46.7 Å². The van der Waals surface area contributed by atoms with E-state index in [1.165, 1.54) is 0 Å². The first-order valence-electron chi connectivity index (χ1n) is 3.24. The van der Waals surface area contributed by atoms with Gasteiger partial charge in [-0.15, -0.1) is 6.54 Å². The summed E-state index contributed by atoms with van der Waals surface area (Å²) in [6.45, 7) is 6.12. The number of rotatable bonds is 5. The normalized spacial score (nSPS) is 12.8. The van der Waals surface area contributed by atoms with E-state index < -0.39 is 7.67 Å². The third-order valence-electron chi connectivity index (χ3n) is 0.902. The molecule has 6 heteroatoms. The molecule has 0 bridgehead atoms. The molecule has 0 amide bonds. The van der Waals surface area contributed by atoms with Gasteiger partial charge in [0.1, 0.15) is 0 Å². The Morgan fingerprint density at radius 1 is 1.46 bits per heavy atom. The van der Waals surface area contributed by atoms with Crippen molar-refractivity contribution in [3.63, 3.8) is 0 Å². The van der Waals surface area contributed by atoms with Crippen LogP contribution in [0.4, 0.5) is 0 Å². The van der Waals surface area contributed by atoms with E-state index in [1.54, 1.807) is 0 Å². The summed E-state index contributed by atoms with van der Waals surface area (Å²) in [6.07, 6.45) is 0.837. The van der Waals surface area contributed by atoms with Crippen molar-refractivity contribution in [3.8, 4) is 0 Å². The van der Waals surface area contributed by atoms with Crippen LogP contribution in [0.5, 0.6) is 0 Å². The predicted molar refractivity (Wildman–Crippen MR) is 54.6 cm³/mol. The fourth-order valence-electron chi connectivity index (χ4n) is 0.471. The third-order valence-corrected chi connectivity index (χ3v) is 2.21. The second-order valence-corrected chi connectivity index (χ2v) is 3.68. The molecule has 0 aliphatic heterocycles. The van der Waals surface area contributed by atoms with Crippen molar-refractivity contribution < 1.29 is 42.2 Å². The summed E-state index contributed by atoms with van der Waals surface area (Å²) in [7, 11) is -3.27. The first-order valence-corrected chi connectivity index (χ1v) is 4.90. The van der Waals surface area contributed by atoms with Crippen LogP contribution in [0.2, 0.25) is 0 Å². The Morgan fingerprint density at radius 3 is 2.23 bits per heavy atom. The van der Waals surface area contributed by atoms with E-state index in [4.69, 9.17) is 4.89 Å². The average molecular weight is 285 g/mol. The zero-order valence-corrected chi connectivity index (χ0v) is 11.4. The Hall–Kier alpha value is 1.08. The van der Waals surface area contributed by atoms with Crippen LogP contribution in [0, 0.1) is 14.4 Å². The van der Waals surface area contributed by atoms with Gasteiger partial charge in [-0.2, -0.15) is 0 Å². The summed E-state index contributed by atoms with van der Waals surface area (Å²) in [4.78, 5) is 8.94. The molecule has 1 radical (unpaired) electrons. The zero-order valence-electron chi connectivity index (χ0n) is 7.71. The Bertz CT molecular complexity index is 136. The van der Waals surface area contributed by atoms with Crippen molar-refractivity contribution in [1.82, 2.24) is 10.2 Å². The van der Waals surface area contributed by atoms with Gasteiger partial charge < -0.3 is 11.8 Å². The minimum Gasteiger partial charge on any atom is -0.329 e. The Balaban J connectivity index is -0.000000135. The molecule has 0 aromatic rings. The summed E-state index contributed by atoms with van der Waals surface area (Å²) in [5, 5.41) is 4.82. The van der Waals surface area contributed by atoms with Crippen LogP contribution in [-0.2, 0) is 37.3 Å².